The molecule has 0 spiro atoms. The van der Waals surface area contributed by atoms with Gasteiger partial charge in [0.15, 0.2) is 0 Å². The zero-order valence-electron chi connectivity index (χ0n) is 8.95. The summed E-state index contributed by atoms with van der Waals surface area (Å²) >= 11 is 0. The highest BCUT2D eigenvalue weighted by Crippen LogP contribution is 2.20. The van der Waals surface area contributed by atoms with Crippen LogP contribution in [0.2, 0.25) is 0 Å². The molecule has 5 heteroatoms. The van der Waals surface area contributed by atoms with Gasteiger partial charge < -0.3 is 15.4 Å². The van der Waals surface area contributed by atoms with E-state index < -0.39 is 0 Å². The largest absolute Gasteiger partial charge is 0.380 e. The van der Waals surface area contributed by atoms with Gasteiger partial charge in [0.2, 0.25) is 5.91 Å². The zero-order valence-corrected chi connectivity index (χ0v) is 8.95. The third-order valence-corrected chi connectivity index (χ3v) is 2.64. The van der Waals surface area contributed by atoms with Gasteiger partial charge in [0.05, 0.1) is 18.7 Å². The molecule has 2 N–H and O–H groups in total. The minimum Gasteiger partial charge on any atom is -0.380 e. The molecule has 1 amide bonds. The fourth-order valence-corrected chi connectivity index (χ4v) is 1.87. The van der Waals surface area contributed by atoms with Crippen LogP contribution in [0, 0.1) is 11.3 Å². The number of carbonyl (C=O) groups excluding carboxylic acids is 1. The molecule has 0 saturated heterocycles. The lowest BCUT2D eigenvalue weighted by Crippen LogP contribution is -2.43. The van der Waals surface area contributed by atoms with Crippen LogP contribution in [-0.4, -0.2) is 38.3 Å². The second kappa shape index (κ2) is 6.38. The molecule has 0 radical (unpaired) electrons. The molecule has 0 aromatic carbocycles. The summed E-state index contributed by atoms with van der Waals surface area (Å²) in [6.07, 6.45) is 3.45. The van der Waals surface area contributed by atoms with Crippen LogP contribution in [0.4, 0.5) is 0 Å². The molecule has 2 unspecified atom stereocenters. The fourth-order valence-electron chi connectivity index (χ4n) is 1.87. The second-order valence-electron chi connectivity index (χ2n) is 3.63. The number of nitrogens with zero attached hydrogens (tertiary/aromatic N) is 1. The van der Waals surface area contributed by atoms with Gasteiger partial charge in [-0.2, -0.15) is 5.26 Å². The van der Waals surface area contributed by atoms with Crippen LogP contribution in [0.25, 0.3) is 0 Å². The van der Waals surface area contributed by atoms with Gasteiger partial charge in [-0.3, -0.25) is 4.79 Å². The summed E-state index contributed by atoms with van der Waals surface area (Å²) < 4.78 is 5.29. The van der Waals surface area contributed by atoms with Crippen LogP contribution in [0.1, 0.15) is 19.3 Å². The number of amides is 1. The lowest BCUT2D eigenvalue weighted by atomic mass is 10.2. The van der Waals surface area contributed by atoms with Crippen molar-refractivity contribution in [2.45, 2.75) is 31.4 Å². The van der Waals surface area contributed by atoms with Gasteiger partial charge in [0.25, 0.3) is 0 Å². The van der Waals surface area contributed by atoms with Crippen molar-refractivity contribution in [1.29, 1.82) is 5.26 Å². The lowest BCUT2D eigenvalue weighted by molar-refractivity contribution is -0.120. The van der Waals surface area contributed by atoms with Gasteiger partial charge >= 0.3 is 0 Å². The first-order chi connectivity index (χ1) is 7.27. The van der Waals surface area contributed by atoms with Crippen LogP contribution < -0.4 is 10.6 Å². The molecular formula is C10H17N3O2. The SMILES string of the molecule is COC1CCCC1NCC(=O)NCC#N. The average molecular weight is 211 g/mol. The van der Waals surface area contributed by atoms with E-state index in [0.717, 1.165) is 19.3 Å². The van der Waals surface area contributed by atoms with Crippen molar-refractivity contribution < 1.29 is 9.53 Å². The van der Waals surface area contributed by atoms with Gasteiger partial charge in [0.1, 0.15) is 6.54 Å². The Morgan fingerprint density at radius 1 is 1.60 bits per heavy atom. The second-order valence-corrected chi connectivity index (χ2v) is 3.63. The first kappa shape index (κ1) is 12.0. The summed E-state index contributed by atoms with van der Waals surface area (Å²) in [5.41, 5.74) is 0. The lowest BCUT2D eigenvalue weighted by Gasteiger charge is -2.19. The van der Waals surface area contributed by atoms with E-state index in [0.29, 0.717) is 0 Å². The first-order valence-electron chi connectivity index (χ1n) is 5.17. The molecule has 1 aliphatic carbocycles. The molecule has 5 nitrogen and oxygen atoms in total. The summed E-state index contributed by atoms with van der Waals surface area (Å²) in [5.74, 6) is -0.140. The van der Waals surface area contributed by atoms with Crippen molar-refractivity contribution >= 4 is 5.91 Å². The maximum absolute atomic E-state index is 11.2. The van der Waals surface area contributed by atoms with Crippen molar-refractivity contribution in [3.8, 4) is 6.07 Å². The molecule has 1 aliphatic rings. The van der Waals surface area contributed by atoms with Crippen LogP contribution in [-0.2, 0) is 9.53 Å². The quantitative estimate of drug-likeness (QED) is 0.617. The molecule has 1 fully saturated rings. The molecule has 0 aromatic heterocycles. The molecule has 0 bridgehead atoms. The minimum atomic E-state index is -0.140. The Hall–Kier alpha value is -1.12. The van der Waals surface area contributed by atoms with E-state index in [1.165, 1.54) is 0 Å². The third-order valence-electron chi connectivity index (χ3n) is 2.64. The highest BCUT2D eigenvalue weighted by Gasteiger charge is 2.26. The zero-order chi connectivity index (χ0) is 11.1. The van der Waals surface area contributed by atoms with E-state index in [1.807, 2.05) is 6.07 Å². The standard InChI is InChI=1S/C10H17N3O2/c1-15-9-4-2-3-8(9)13-7-10(14)12-6-5-11/h8-9,13H,2-4,6-7H2,1H3,(H,12,14). The Morgan fingerprint density at radius 3 is 3.07 bits per heavy atom. The van der Waals surface area contributed by atoms with Crippen molar-refractivity contribution in [2.75, 3.05) is 20.2 Å². The smallest absolute Gasteiger partial charge is 0.234 e. The van der Waals surface area contributed by atoms with Crippen molar-refractivity contribution in [3.05, 3.63) is 0 Å². The summed E-state index contributed by atoms with van der Waals surface area (Å²) in [5, 5.41) is 13.9. The molecule has 0 aromatic rings. The Balaban J connectivity index is 2.19. The molecule has 0 heterocycles. The Morgan fingerprint density at radius 2 is 2.40 bits per heavy atom. The Labute approximate surface area is 89.8 Å². The Kier molecular flexibility index (Phi) is 5.08. The average Bonchev–Trinajstić information content (AvgIpc) is 2.70. The maximum atomic E-state index is 11.2. The van der Waals surface area contributed by atoms with E-state index in [2.05, 4.69) is 10.6 Å². The number of nitriles is 1. The minimum absolute atomic E-state index is 0.0683. The summed E-state index contributed by atoms with van der Waals surface area (Å²) in [7, 11) is 1.69. The molecule has 0 aliphatic heterocycles. The molecule has 1 rings (SSSR count). The van der Waals surface area contributed by atoms with E-state index in [-0.39, 0.29) is 31.1 Å². The van der Waals surface area contributed by atoms with Crippen LogP contribution in [0.5, 0.6) is 0 Å². The summed E-state index contributed by atoms with van der Waals surface area (Å²) in [6.45, 7) is 0.324. The molecular weight excluding hydrogens is 194 g/mol. The predicted octanol–water partition coefficient (Wildman–Crippen LogP) is -0.217. The topological polar surface area (TPSA) is 74.2 Å². The van der Waals surface area contributed by atoms with Gasteiger partial charge in [-0.1, -0.05) is 0 Å². The number of hydrogen-bond acceptors (Lipinski definition) is 4. The van der Waals surface area contributed by atoms with Crippen LogP contribution in [0.3, 0.4) is 0 Å². The van der Waals surface area contributed by atoms with Crippen molar-refractivity contribution in [1.82, 2.24) is 10.6 Å². The fraction of sp³-hybridized carbons (Fsp3) is 0.800. The molecule has 15 heavy (non-hydrogen) atoms. The summed E-state index contributed by atoms with van der Waals surface area (Å²) in [6, 6.07) is 2.13. The van der Waals surface area contributed by atoms with Crippen molar-refractivity contribution in [3.63, 3.8) is 0 Å². The highest BCUT2D eigenvalue weighted by atomic mass is 16.5. The molecule has 84 valence electrons. The highest BCUT2D eigenvalue weighted by molar-refractivity contribution is 5.78. The Bertz CT molecular complexity index is 250. The number of rotatable bonds is 5. The third kappa shape index (κ3) is 3.86. The van der Waals surface area contributed by atoms with E-state index in [1.54, 1.807) is 7.11 Å². The number of methoxy groups -OCH3 is 1. The van der Waals surface area contributed by atoms with Gasteiger partial charge in [-0.25, -0.2) is 0 Å². The maximum Gasteiger partial charge on any atom is 0.234 e. The normalized spacial score (nSPS) is 24.8. The number of carbonyl (C=O) groups is 1. The van der Waals surface area contributed by atoms with Crippen LogP contribution in [0.15, 0.2) is 0 Å². The van der Waals surface area contributed by atoms with Crippen LogP contribution >= 0.6 is 0 Å². The first-order valence-corrected chi connectivity index (χ1v) is 5.17. The molecule has 1 saturated carbocycles. The monoisotopic (exact) mass is 211 g/mol. The predicted molar refractivity (Wildman–Crippen MR) is 55.1 cm³/mol. The number of nitrogens with one attached hydrogen (secondary N) is 2. The van der Waals surface area contributed by atoms with Gasteiger partial charge in [0, 0.05) is 13.2 Å². The van der Waals surface area contributed by atoms with Gasteiger partial charge in [-0.15, -0.1) is 0 Å². The van der Waals surface area contributed by atoms with E-state index >= 15 is 0 Å². The van der Waals surface area contributed by atoms with E-state index in [4.69, 9.17) is 10.00 Å². The summed E-state index contributed by atoms with van der Waals surface area (Å²) in [4.78, 5) is 11.2. The van der Waals surface area contributed by atoms with Gasteiger partial charge in [-0.05, 0) is 19.3 Å². The van der Waals surface area contributed by atoms with Crippen molar-refractivity contribution in [2.24, 2.45) is 0 Å². The van der Waals surface area contributed by atoms with E-state index in [9.17, 15) is 4.79 Å². The molecule has 2 atom stereocenters. The number of ether oxygens (including phenoxy) is 1. The number of hydrogen-bond donors (Lipinski definition) is 2.